The van der Waals surface area contributed by atoms with Crippen molar-refractivity contribution in [2.75, 3.05) is 0 Å². The van der Waals surface area contributed by atoms with E-state index < -0.39 is 5.97 Å². The highest BCUT2D eigenvalue weighted by molar-refractivity contribution is 7.16. The fraction of sp³-hybridized carbons (Fsp3) is 0.182. The van der Waals surface area contributed by atoms with Crippen LogP contribution >= 0.6 is 11.3 Å². The smallest absolute Gasteiger partial charge is 0.328 e. The zero-order valence-corrected chi connectivity index (χ0v) is 9.90. The van der Waals surface area contributed by atoms with Crippen molar-refractivity contribution in [1.29, 1.82) is 0 Å². The zero-order valence-electron chi connectivity index (χ0n) is 9.08. The van der Waals surface area contributed by atoms with Crippen LogP contribution in [0.3, 0.4) is 0 Å². The second-order valence-electron chi connectivity index (χ2n) is 3.65. The summed E-state index contributed by atoms with van der Waals surface area (Å²) in [5.74, 6) is -1.01. The normalized spacial score (nSPS) is 11.9. The Bertz CT molecular complexity index is 654. The lowest BCUT2D eigenvalue weighted by Gasteiger charge is -2.04. The summed E-state index contributed by atoms with van der Waals surface area (Å²) >= 11 is 1.41. The third kappa shape index (κ3) is 2.42. The zero-order chi connectivity index (χ0) is 12.4. The van der Waals surface area contributed by atoms with Gasteiger partial charge in [-0.2, -0.15) is 0 Å². The van der Waals surface area contributed by atoms with Crippen molar-refractivity contribution in [2.45, 2.75) is 13.5 Å². The first-order valence-electron chi connectivity index (χ1n) is 4.90. The Morgan fingerprint density at radius 1 is 1.65 bits per heavy atom. The molecule has 2 heterocycles. The van der Waals surface area contributed by atoms with Crippen molar-refractivity contribution in [2.24, 2.45) is 0 Å². The van der Waals surface area contributed by atoms with Gasteiger partial charge in [0.15, 0.2) is 0 Å². The summed E-state index contributed by atoms with van der Waals surface area (Å²) in [6.07, 6.45) is 2.53. The minimum Gasteiger partial charge on any atom is -0.478 e. The first-order chi connectivity index (χ1) is 8.08. The van der Waals surface area contributed by atoms with Gasteiger partial charge in [-0.15, -0.1) is 11.3 Å². The summed E-state index contributed by atoms with van der Waals surface area (Å²) in [6.45, 7) is 1.91. The average Bonchev–Trinajstić information content (AvgIpc) is 2.69. The first-order valence-corrected chi connectivity index (χ1v) is 5.78. The van der Waals surface area contributed by atoms with Crippen LogP contribution < -0.4 is 5.56 Å². The number of thiophene rings is 1. The number of rotatable bonds is 3. The van der Waals surface area contributed by atoms with Crippen molar-refractivity contribution >= 4 is 27.5 Å². The van der Waals surface area contributed by atoms with Crippen LogP contribution in [-0.4, -0.2) is 20.6 Å². The molecule has 2 rings (SSSR count). The van der Waals surface area contributed by atoms with Gasteiger partial charge in [0.05, 0.1) is 11.7 Å². The Labute approximate surface area is 101 Å². The number of aliphatic carboxylic acids is 1. The molecule has 0 amide bonds. The Balaban J connectivity index is 2.40. The summed E-state index contributed by atoms with van der Waals surface area (Å²) < 4.78 is 1.41. The molecule has 0 bridgehead atoms. The van der Waals surface area contributed by atoms with Crippen LogP contribution in [0.4, 0.5) is 0 Å². The van der Waals surface area contributed by atoms with Gasteiger partial charge in [0.25, 0.3) is 5.56 Å². The number of allylic oxidation sites excluding steroid dienone is 1. The van der Waals surface area contributed by atoms with Crippen LogP contribution in [0.5, 0.6) is 0 Å². The van der Waals surface area contributed by atoms with E-state index in [1.807, 2.05) is 5.38 Å². The van der Waals surface area contributed by atoms with E-state index in [0.29, 0.717) is 15.8 Å². The summed E-state index contributed by atoms with van der Waals surface area (Å²) in [5, 5.41) is 11.0. The largest absolute Gasteiger partial charge is 0.478 e. The molecule has 0 aliphatic heterocycles. The standard InChI is InChI=1S/C11H10N2O3S/c1-7(4-9(14)15)5-13-6-12-10-8(11(13)16)2-3-17-10/h2-4,6H,5H2,1H3,(H,14,15). The number of hydrogen-bond acceptors (Lipinski definition) is 4. The summed E-state index contributed by atoms with van der Waals surface area (Å²) in [6, 6.07) is 1.72. The highest BCUT2D eigenvalue weighted by atomic mass is 32.1. The van der Waals surface area contributed by atoms with E-state index in [2.05, 4.69) is 4.98 Å². The number of carboxylic acid groups (broad SMARTS) is 1. The monoisotopic (exact) mass is 250 g/mol. The molecule has 0 saturated carbocycles. The second kappa shape index (κ2) is 4.50. The SMILES string of the molecule is CC(=CC(=O)O)Cn1cnc2sccc2c1=O. The van der Waals surface area contributed by atoms with Gasteiger partial charge in [-0.25, -0.2) is 9.78 Å². The summed E-state index contributed by atoms with van der Waals surface area (Å²) in [4.78, 5) is 27.3. The van der Waals surface area contributed by atoms with Crippen LogP contribution in [0.15, 0.2) is 34.2 Å². The lowest BCUT2D eigenvalue weighted by molar-refractivity contribution is -0.131. The fourth-order valence-electron chi connectivity index (χ4n) is 1.53. The maximum Gasteiger partial charge on any atom is 0.328 e. The van der Waals surface area contributed by atoms with E-state index >= 15 is 0 Å². The number of aromatic nitrogens is 2. The number of fused-ring (bicyclic) bond motifs is 1. The molecule has 1 N–H and O–H groups in total. The third-order valence-electron chi connectivity index (χ3n) is 2.24. The molecule has 0 radical (unpaired) electrons. The quantitative estimate of drug-likeness (QED) is 0.838. The molecule has 5 nitrogen and oxygen atoms in total. The molecule has 6 heteroatoms. The van der Waals surface area contributed by atoms with E-state index in [1.165, 1.54) is 22.2 Å². The third-order valence-corrected chi connectivity index (χ3v) is 3.06. The number of hydrogen-bond donors (Lipinski definition) is 1. The van der Waals surface area contributed by atoms with Gasteiger partial charge in [-0.3, -0.25) is 9.36 Å². The average molecular weight is 250 g/mol. The number of carbonyl (C=O) groups is 1. The molecule has 0 fully saturated rings. The van der Waals surface area contributed by atoms with Gasteiger partial charge in [0, 0.05) is 12.6 Å². The molecule has 17 heavy (non-hydrogen) atoms. The molecule has 0 atom stereocenters. The van der Waals surface area contributed by atoms with E-state index in [9.17, 15) is 9.59 Å². The van der Waals surface area contributed by atoms with Crippen LogP contribution in [0.25, 0.3) is 10.2 Å². The molecule has 2 aromatic rings. The Kier molecular flexibility index (Phi) is 3.06. The lowest BCUT2D eigenvalue weighted by Crippen LogP contribution is -2.20. The first kappa shape index (κ1) is 11.5. The van der Waals surface area contributed by atoms with Crippen molar-refractivity contribution in [3.8, 4) is 0 Å². The number of nitrogens with zero attached hydrogens (tertiary/aromatic N) is 2. The second-order valence-corrected chi connectivity index (χ2v) is 4.54. The maximum absolute atomic E-state index is 12.0. The predicted molar refractivity (Wildman–Crippen MR) is 65.3 cm³/mol. The van der Waals surface area contributed by atoms with E-state index in [-0.39, 0.29) is 12.1 Å². The molecule has 0 saturated heterocycles. The molecular formula is C11H10N2O3S. The molecule has 2 aromatic heterocycles. The van der Waals surface area contributed by atoms with Crippen LogP contribution in [-0.2, 0) is 11.3 Å². The van der Waals surface area contributed by atoms with Crippen molar-refractivity contribution < 1.29 is 9.90 Å². The predicted octanol–water partition coefficient (Wildman–Crippen LogP) is 1.49. The van der Waals surface area contributed by atoms with Crippen molar-refractivity contribution in [3.63, 3.8) is 0 Å². The molecule has 88 valence electrons. The minimum atomic E-state index is -1.01. The van der Waals surface area contributed by atoms with E-state index in [1.54, 1.807) is 13.0 Å². The topological polar surface area (TPSA) is 72.2 Å². The highest BCUT2D eigenvalue weighted by Gasteiger charge is 2.05. The summed E-state index contributed by atoms with van der Waals surface area (Å²) in [7, 11) is 0. The van der Waals surface area contributed by atoms with Crippen LogP contribution in [0, 0.1) is 0 Å². The van der Waals surface area contributed by atoms with Gasteiger partial charge >= 0.3 is 5.97 Å². The fourth-order valence-corrected chi connectivity index (χ4v) is 2.25. The van der Waals surface area contributed by atoms with Gasteiger partial charge in [-0.05, 0) is 23.9 Å². The van der Waals surface area contributed by atoms with E-state index in [4.69, 9.17) is 5.11 Å². The van der Waals surface area contributed by atoms with Crippen LogP contribution in [0.2, 0.25) is 0 Å². The van der Waals surface area contributed by atoms with E-state index in [0.717, 1.165) is 6.08 Å². The highest BCUT2D eigenvalue weighted by Crippen LogP contribution is 2.13. The van der Waals surface area contributed by atoms with Crippen molar-refractivity contribution in [1.82, 2.24) is 9.55 Å². The summed E-state index contributed by atoms with van der Waals surface area (Å²) in [5.41, 5.74) is 0.449. The maximum atomic E-state index is 12.0. The number of carboxylic acids is 1. The van der Waals surface area contributed by atoms with Crippen molar-refractivity contribution in [3.05, 3.63) is 39.8 Å². The van der Waals surface area contributed by atoms with Gasteiger partial charge in [0.1, 0.15) is 4.83 Å². The van der Waals surface area contributed by atoms with Crippen LogP contribution in [0.1, 0.15) is 6.92 Å². The Hall–Kier alpha value is -1.95. The molecule has 0 aromatic carbocycles. The Morgan fingerprint density at radius 3 is 3.12 bits per heavy atom. The van der Waals surface area contributed by atoms with Gasteiger partial charge in [-0.1, -0.05) is 0 Å². The molecule has 0 aliphatic carbocycles. The molecular weight excluding hydrogens is 240 g/mol. The molecule has 0 spiro atoms. The minimum absolute atomic E-state index is 0.144. The van der Waals surface area contributed by atoms with Gasteiger partial charge in [0.2, 0.25) is 0 Å². The molecule has 0 aliphatic rings. The van der Waals surface area contributed by atoms with Gasteiger partial charge < -0.3 is 5.11 Å². The lowest BCUT2D eigenvalue weighted by atomic mass is 10.3. The Morgan fingerprint density at radius 2 is 2.41 bits per heavy atom. The molecule has 0 unspecified atom stereocenters.